The van der Waals surface area contributed by atoms with Gasteiger partial charge in [0.15, 0.2) is 5.11 Å². The number of hydrazone groups is 1. The third-order valence-corrected chi connectivity index (χ3v) is 3.32. The van der Waals surface area contributed by atoms with Gasteiger partial charge in [-0.3, -0.25) is 10.4 Å². The number of hydrogen-bond acceptors (Lipinski definition) is 3. The van der Waals surface area contributed by atoms with Crippen LogP contribution in [0.1, 0.15) is 11.3 Å². The quantitative estimate of drug-likeness (QED) is 0.386. The van der Waals surface area contributed by atoms with Crippen LogP contribution >= 0.6 is 12.2 Å². The van der Waals surface area contributed by atoms with Crippen LogP contribution in [0.3, 0.4) is 0 Å². The van der Waals surface area contributed by atoms with Crippen LogP contribution < -0.4 is 10.7 Å². The second-order valence-electron chi connectivity index (χ2n) is 4.60. The largest absolute Gasteiger partial charge is 0.358 e. The average molecular weight is 310 g/mol. The molecule has 1 aromatic heterocycles. The van der Waals surface area contributed by atoms with Crippen molar-refractivity contribution in [3.63, 3.8) is 0 Å². The Balaban J connectivity index is 2.13. The van der Waals surface area contributed by atoms with Crippen LogP contribution in [0.25, 0.3) is 11.1 Å². The van der Waals surface area contributed by atoms with Gasteiger partial charge in [-0.2, -0.15) is 5.10 Å². The van der Waals surface area contributed by atoms with E-state index >= 15 is 0 Å². The van der Waals surface area contributed by atoms with E-state index in [9.17, 15) is 0 Å². The molecule has 0 amide bonds. The molecular formula is C17H18N4S. The molecule has 112 valence electrons. The van der Waals surface area contributed by atoms with E-state index in [1.807, 2.05) is 31.2 Å². The zero-order valence-electron chi connectivity index (χ0n) is 12.4. The minimum absolute atomic E-state index is 0.452. The lowest BCUT2D eigenvalue weighted by atomic mass is 10.0. The molecule has 1 aromatic carbocycles. The highest BCUT2D eigenvalue weighted by Crippen LogP contribution is 2.23. The maximum Gasteiger partial charge on any atom is 0.187 e. The molecule has 5 heteroatoms. The van der Waals surface area contributed by atoms with Crippen molar-refractivity contribution in [3.8, 4) is 11.1 Å². The van der Waals surface area contributed by atoms with E-state index in [4.69, 9.17) is 12.2 Å². The van der Waals surface area contributed by atoms with Crippen LogP contribution in [0, 0.1) is 6.92 Å². The summed E-state index contributed by atoms with van der Waals surface area (Å²) in [5.74, 6) is 0. The summed E-state index contributed by atoms with van der Waals surface area (Å²) in [6, 6.07) is 12.2. The van der Waals surface area contributed by atoms with Gasteiger partial charge in [-0.25, -0.2) is 0 Å². The highest BCUT2D eigenvalue weighted by Gasteiger charge is 2.05. The van der Waals surface area contributed by atoms with Gasteiger partial charge in [-0.1, -0.05) is 36.4 Å². The fourth-order valence-electron chi connectivity index (χ4n) is 1.97. The molecule has 0 aliphatic heterocycles. The normalized spacial score (nSPS) is 10.4. The summed E-state index contributed by atoms with van der Waals surface area (Å²) in [5, 5.41) is 7.50. The Labute approximate surface area is 136 Å². The maximum atomic E-state index is 5.07. The Morgan fingerprint density at radius 1 is 1.32 bits per heavy atom. The topological polar surface area (TPSA) is 49.3 Å². The number of aromatic nitrogens is 1. The number of nitrogens with one attached hydrogen (secondary N) is 2. The van der Waals surface area contributed by atoms with Crippen molar-refractivity contribution in [2.24, 2.45) is 5.10 Å². The average Bonchev–Trinajstić information content (AvgIpc) is 2.55. The molecule has 0 fully saturated rings. The zero-order valence-corrected chi connectivity index (χ0v) is 13.2. The third-order valence-electron chi connectivity index (χ3n) is 3.09. The molecule has 0 saturated carbocycles. The summed E-state index contributed by atoms with van der Waals surface area (Å²) in [4.78, 5) is 4.35. The summed E-state index contributed by atoms with van der Waals surface area (Å²) < 4.78 is 0. The molecule has 2 rings (SSSR count). The van der Waals surface area contributed by atoms with Gasteiger partial charge in [0.25, 0.3) is 0 Å². The Morgan fingerprint density at radius 2 is 2.09 bits per heavy atom. The van der Waals surface area contributed by atoms with Crippen LogP contribution in [0.15, 0.2) is 60.4 Å². The first-order valence-electron chi connectivity index (χ1n) is 6.91. The number of thiocarbonyl (C=S) groups is 1. The van der Waals surface area contributed by atoms with Crippen molar-refractivity contribution in [2.45, 2.75) is 6.92 Å². The van der Waals surface area contributed by atoms with Crippen molar-refractivity contribution in [2.75, 3.05) is 6.54 Å². The standard InChI is InChI=1S/C17H18N4S/c1-3-10-19-17(22)21-20-12-16-13(2)15(9-11-18-16)14-7-5-4-6-8-14/h3-9,11-12H,1,10H2,2H3,(H2,19,21,22)/b20-12+. The minimum Gasteiger partial charge on any atom is -0.358 e. The molecule has 1 heterocycles. The van der Waals surface area contributed by atoms with Crippen molar-refractivity contribution < 1.29 is 0 Å². The van der Waals surface area contributed by atoms with E-state index in [-0.39, 0.29) is 0 Å². The molecule has 0 unspecified atom stereocenters. The van der Waals surface area contributed by atoms with Crippen LogP contribution in [-0.4, -0.2) is 22.9 Å². The SMILES string of the molecule is C=CCNC(=S)N/N=C/c1nccc(-c2ccccc2)c1C. The molecule has 22 heavy (non-hydrogen) atoms. The predicted octanol–water partition coefficient (Wildman–Crippen LogP) is 3.04. The molecule has 0 aliphatic rings. The van der Waals surface area contributed by atoms with Gasteiger partial charge < -0.3 is 5.32 Å². The molecule has 0 saturated heterocycles. The van der Waals surface area contributed by atoms with E-state index in [0.29, 0.717) is 11.7 Å². The van der Waals surface area contributed by atoms with Gasteiger partial charge in [-0.15, -0.1) is 6.58 Å². The van der Waals surface area contributed by atoms with Gasteiger partial charge in [0.2, 0.25) is 0 Å². The molecule has 0 spiro atoms. The number of hydrogen-bond donors (Lipinski definition) is 2. The summed E-state index contributed by atoms with van der Waals surface area (Å²) >= 11 is 5.07. The van der Waals surface area contributed by atoms with Crippen LogP contribution in [0.4, 0.5) is 0 Å². The lowest BCUT2D eigenvalue weighted by Gasteiger charge is -2.08. The minimum atomic E-state index is 0.452. The van der Waals surface area contributed by atoms with E-state index in [1.165, 1.54) is 0 Å². The van der Waals surface area contributed by atoms with E-state index < -0.39 is 0 Å². The van der Waals surface area contributed by atoms with Crippen molar-refractivity contribution >= 4 is 23.5 Å². The third kappa shape index (κ3) is 4.23. The highest BCUT2D eigenvalue weighted by atomic mass is 32.1. The summed E-state index contributed by atoms with van der Waals surface area (Å²) in [7, 11) is 0. The molecule has 2 N–H and O–H groups in total. The van der Waals surface area contributed by atoms with Crippen molar-refractivity contribution in [3.05, 3.63) is 66.5 Å². The fraction of sp³-hybridized carbons (Fsp3) is 0.118. The smallest absolute Gasteiger partial charge is 0.187 e. The van der Waals surface area contributed by atoms with Gasteiger partial charge >= 0.3 is 0 Å². The fourth-order valence-corrected chi connectivity index (χ4v) is 2.10. The molecule has 2 aromatic rings. The number of rotatable bonds is 5. The van der Waals surface area contributed by atoms with E-state index in [1.54, 1.807) is 18.5 Å². The van der Waals surface area contributed by atoms with E-state index in [0.717, 1.165) is 22.4 Å². The Kier molecular flexibility index (Phi) is 5.80. The summed E-state index contributed by atoms with van der Waals surface area (Å²) in [5.41, 5.74) is 6.94. The van der Waals surface area contributed by atoms with Gasteiger partial charge in [-0.05, 0) is 41.9 Å². The number of benzene rings is 1. The monoisotopic (exact) mass is 310 g/mol. The first-order chi connectivity index (χ1) is 10.7. The summed E-state index contributed by atoms with van der Waals surface area (Å²) in [6.45, 7) is 6.24. The number of nitrogens with zero attached hydrogens (tertiary/aromatic N) is 2. The van der Waals surface area contributed by atoms with Crippen molar-refractivity contribution in [1.29, 1.82) is 0 Å². The van der Waals surface area contributed by atoms with Crippen LogP contribution in [0.5, 0.6) is 0 Å². The zero-order chi connectivity index (χ0) is 15.8. The lowest BCUT2D eigenvalue weighted by molar-refractivity contribution is 0.940. The molecule has 4 nitrogen and oxygen atoms in total. The number of pyridine rings is 1. The second-order valence-corrected chi connectivity index (χ2v) is 5.01. The van der Waals surface area contributed by atoms with Crippen LogP contribution in [-0.2, 0) is 0 Å². The first kappa shape index (κ1) is 15.9. The lowest BCUT2D eigenvalue weighted by Crippen LogP contribution is -2.31. The molecule has 0 atom stereocenters. The Morgan fingerprint density at radius 3 is 2.82 bits per heavy atom. The molecule has 0 aliphatic carbocycles. The van der Waals surface area contributed by atoms with Gasteiger partial charge in [0.05, 0.1) is 11.9 Å². The predicted molar refractivity (Wildman–Crippen MR) is 95.9 cm³/mol. The Hall–Kier alpha value is -2.53. The van der Waals surface area contributed by atoms with Crippen molar-refractivity contribution in [1.82, 2.24) is 15.7 Å². The molecule has 0 bridgehead atoms. The maximum absolute atomic E-state index is 5.07. The highest BCUT2D eigenvalue weighted by molar-refractivity contribution is 7.80. The van der Waals surface area contributed by atoms with Gasteiger partial charge in [0.1, 0.15) is 0 Å². The van der Waals surface area contributed by atoms with Crippen LogP contribution in [0.2, 0.25) is 0 Å². The second kappa shape index (κ2) is 8.05. The summed E-state index contributed by atoms with van der Waals surface area (Å²) in [6.07, 6.45) is 5.18. The Bertz CT molecular complexity index is 680. The first-order valence-corrected chi connectivity index (χ1v) is 7.32. The van der Waals surface area contributed by atoms with Gasteiger partial charge in [0, 0.05) is 12.7 Å². The molecule has 0 radical (unpaired) electrons. The van der Waals surface area contributed by atoms with E-state index in [2.05, 4.69) is 39.5 Å². The molecular weight excluding hydrogens is 292 g/mol.